The Labute approximate surface area is 112 Å². The number of hydrogen-bond acceptors (Lipinski definition) is 4. The van der Waals surface area contributed by atoms with E-state index in [-0.39, 0.29) is 6.04 Å². The highest BCUT2D eigenvalue weighted by atomic mass is 16.5. The quantitative estimate of drug-likeness (QED) is 0.898. The van der Waals surface area contributed by atoms with E-state index in [4.69, 9.17) is 15.2 Å². The average molecular weight is 261 g/mol. The molecule has 0 aliphatic heterocycles. The number of ether oxygens (including phenoxy) is 2. The second-order valence-corrected chi connectivity index (χ2v) is 4.55. The van der Waals surface area contributed by atoms with Crippen molar-refractivity contribution < 1.29 is 9.47 Å². The third-order valence-corrected chi connectivity index (χ3v) is 2.86. The minimum atomic E-state index is 0.256. The van der Waals surface area contributed by atoms with Crippen LogP contribution in [0.3, 0.4) is 0 Å². The molecule has 5 heteroatoms. The number of nitrogens with zero attached hydrogens (tertiary/aromatic N) is 2. The van der Waals surface area contributed by atoms with Gasteiger partial charge in [-0.2, -0.15) is 5.10 Å². The number of nitrogen functional groups attached to an aromatic ring is 1. The molecule has 0 radical (unpaired) electrons. The van der Waals surface area contributed by atoms with E-state index < -0.39 is 0 Å². The lowest BCUT2D eigenvalue weighted by molar-refractivity contribution is 0.288. The predicted octanol–water partition coefficient (Wildman–Crippen LogP) is 2.63. The highest BCUT2D eigenvalue weighted by molar-refractivity contribution is 5.41. The monoisotopic (exact) mass is 261 g/mol. The van der Waals surface area contributed by atoms with Gasteiger partial charge < -0.3 is 15.2 Å². The number of rotatable bonds is 5. The van der Waals surface area contributed by atoms with Crippen LogP contribution in [0.25, 0.3) is 0 Å². The minimum absolute atomic E-state index is 0.256. The summed E-state index contributed by atoms with van der Waals surface area (Å²) < 4.78 is 12.7. The van der Waals surface area contributed by atoms with Crippen LogP contribution in [0.4, 0.5) is 5.69 Å². The maximum Gasteiger partial charge on any atom is 0.132 e. The average Bonchev–Trinajstić information content (AvgIpc) is 2.78. The van der Waals surface area contributed by atoms with E-state index in [0.717, 1.165) is 17.2 Å². The predicted molar refractivity (Wildman–Crippen MR) is 74.4 cm³/mol. The van der Waals surface area contributed by atoms with E-state index in [0.29, 0.717) is 12.3 Å². The highest BCUT2D eigenvalue weighted by Crippen LogP contribution is 2.21. The van der Waals surface area contributed by atoms with Crippen LogP contribution in [-0.2, 0) is 6.61 Å². The number of methoxy groups -OCH3 is 1. The molecule has 1 heterocycles. The molecule has 2 aromatic rings. The topological polar surface area (TPSA) is 62.3 Å². The number of benzene rings is 1. The largest absolute Gasteiger partial charge is 0.497 e. The van der Waals surface area contributed by atoms with Crippen LogP contribution in [-0.4, -0.2) is 16.9 Å². The van der Waals surface area contributed by atoms with Gasteiger partial charge in [0.25, 0.3) is 0 Å². The summed E-state index contributed by atoms with van der Waals surface area (Å²) in [6, 6.07) is 7.71. The van der Waals surface area contributed by atoms with Crippen molar-refractivity contribution in [2.24, 2.45) is 0 Å². The van der Waals surface area contributed by atoms with Crippen molar-refractivity contribution in [2.75, 3.05) is 12.8 Å². The molecule has 0 bridgehead atoms. The number of nitrogens with two attached hydrogens (primary N) is 1. The first-order chi connectivity index (χ1) is 9.11. The lowest BCUT2D eigenvalue weighted by Crippen LogP contribution is -2.11. The third-order valence-electron chi connectivity index (χ3n) is 2.86. The molecular weight excluding hydrogens is 242 g/mol. The highest BCUT2D eigenvalue weighted by Gasteiger charge is 2.11. The van der Waals surface area contributed by atoms with E-state index in [2.05, 4.69) is 18.9 Å². The van der Waals surface area contributed by atoms with Crippen molar-refractivity contribution >= 4 is 5.69 Å². The van der Waals surface area contributed by atoms with Gasteiger partial charge in [-0.3, -0.25) is 4.68 Å². The Bertz CT molecular complexity index is 532. The van der Waals surface area contributed by atoms with Crippen molar-refractivity contribution in [3.8, 4) is 11.5 Å². The summed E-state index contributed by atoms with van der Waals surface area (Å²) in [6.07, 6.45) is 1.66. The lowest BCUT2D eigenvalue weighted by atomic mass is 10.3. The number of anilines is 1. The Morgan fingerprint density at radius 2 is 1.84 bits per heavy atom. The first kappa shape index (κ1) is 13.3. The molecule has 102 valence electrons. The number of aromatic nitrogens is 2. The van der Waals surface area contributed by atoms with Gasteiger partial charge in [0, 0.05) is 6.04 Å². The zero-order chi connectivity index (χ0) is 13.8. The van der Waals surface area contributed by atoms with E-state index in [9.17, 15) is 0 Å². The fourth-order valence-electron chi connectivity index (χ4n) is 1.82. The van der Waals surface area contributed by atoms with E-state index >= 15 is 0 Å². The van der Waals surface area contributed by atoms with Crippen molar-refractivity contribution in [3.05, 3.63) is 36.2 Å². The van der Waals surface area contributed by atoms with Gasteiger partial charge in [-0.25, -0.2) is 0 Å². The first-order valence-corrected chi connectivity index (χ1v) is 6.20. The van der Waals surface area contributed by atoms with Crippen LogP contribution in [0, 0.1) is 0 Å². The van der Waals surface area contributed by atoms with Crippen molar-refractivity contribution in [1.29, 1.82) is 0 Å². The molecule has 0 aliphatic carbocycles. The first-order valence-electron chi connectivity index (χ1n) is 6.20. The molecule has 0 saturated heterocycles. The molecule has 0 aliphatic rings. The van der Waals surface area contributed by atoms with Crippen LogP contribution in [0.2, 0.25) is 0 Å². The Balaban J connectivity index is 2.07. The minimum Gasteiger partial charge on any atom is -0.497 e. The van der Waals surface area contributed by atoms with Crippen LogP contribution < -0.4 is 15.2 Å². The maximum absolute atomic E-state index is 5.91. The van der Waals surface area contributed by atoms with E-state index in [1.165, 1.54) is 0 Å². The van der Waals surface area contributed by atoms with Gasteiger partial charge in [0.05, 0.1) is 24.7 Å². The molecule has 0 unspecified atom stereocenters. The molecule has 0 spiro atoms. The molecule has 0 atom stereocenters. The van der Waals surface area contributed by atoms with Crippen LogP contribution in [0.15, 0.2) is 30.5 Å². The lowest BCUT2D eigenvalue weighted by Gasteiger charge is -2.13. The van der Waals surface area contributed by atoms with Gasteiger partial charge in [-0.05, 0) is 38.1 Å². The molecule has 0 fully saturated rings. The zero-order valence-corrected chi connectivity index (χ0v) is 11.5. The summed E-state index contributed by atoms with van der Waals surface area (Å²) in [6.45, 7) is 4.52. The van der Waals surface area contributed by atoms with Crippen LogP contribution >= 0.6 is 0 Å². The summed E-state index contributed by atoms with van der Waals surface area (Å²) in [4.78, 5) is 0. The summed E-state index contributed by atoms with van der Waals surface area (Å²) in [5, 5.41) is 4.25. The fourth-order valence-corrected chi connectivity index (χ4v) is 1.82. The third kappa shape index (κ3) is 2.99. The Hall–Kier alpha value is -2.17. The normalized spacial score (nSPS) is 10.7. The molecule has 1 aromatic carbocycles. The summed E-state index contributed by atoms with van der Waals surface area (Å²) in [5.74, 6) is 1.58. The molecule has 5 nitrogen and oxygen atoms in total. The second kappa shape index (κ2) is 5.65. The van der Waals surface area contributed by atoms with Crippen molar-refractivity contribution in [2.45, 2.75) is 26.5 Å². The molecule has 2 N–H and O–H groups in total. The SMILES string of the molecule is COc1ccc(OCc2c(N)cnn2C(C)C)cc1. The van der Waals surface area contributed by atoms with Crippen molar-refractivity contribution in [3.63, 3.8) is 0 Å². The molecular formula is C14H19N3O2. The zero-order valence-electron chi connectivity index (χ0n) is 11.5. The van der Waals surface area contributed by atoms with Crippen molar-refractivity contribution in [1.82, 2.24) is 9.78 Å². The van der Waals surface area contributed by atoms with Crippen LogP contribution in [0.1, 0.15) is 25.6 Å². The van der Waals surface area contributed by atoms with Gasteiger partial charge in [-0.1, -0.05) is 0 Å². The second-order valence-electron chi connectivity index (χ2n) is 4.55. The summed E-state index contributed by atoms with van der Waals surface area (Å²) in [5.41, 5.74) is 7.45. The summed E-state index contributed by atoms with van der Waals surface area (Å²) in [7, 11) is 1.64. The standard InChI is InChI=1S/C14H19N3O2/c1-10(2)17-14(13(15)8-16-17)9-19-12-6-4-11(18-3)5-7-12/h4-8,10H,9,15H2,1-3H3. The van der Waals surface area contributed by atoms with Crippen LogP contribution in [0.5, 0.6) is 11.5 Å². The molecule has 2 rings (SSSR count). The van der Waals surface area contributed by atoms with E-state index in [1.807, 2.05) is 28.9 Å². The van der Waals surface area contributed by atoms with Gasteiger partial charge in [-0.15, -0.1) is 0 Å². The maximum atomic E-state index is 5.91. The molecule has 0 amide bonds. The molecule has 0 saturated carbocycles. The Kier molecular flexibility index (Phi) is 3.94. The number of hydrogen-bond donors (Lipinski definition) is 1. The Morgan fingerprint density at radius 1 is 1.21 bits per heavy atom. The van der Waals surface area contributed by atoms with E-state index in [1.54, 1.807) is 13.3 Å². The fraction of sp³-hybridized carbons (Fsp3) is 0.357. The van der Waals surface area contributed by atoms with Gasteiger partial charge in [0.2, 0.25) is 0 Å². The Morgan fingerprint density at radius 3 is 2.42 bits per heavy atom. The smallest absolute Gasteiger partial charge is 0.132 e. The molecule has 19 heavy (non-hydrogen) atoms. The van der Waals surface area contributed by atoms with Gasteiger partial charge in [0.1, 0.15) is 18.1 Å². The van der Waals surface area contributed by atoms with Gasteiger partial charge in [0.15, 0.2) is 0 Å². The molecule has 1 aromatic heterocycles. The summed E-state index contributed by atoms with van der Waals surface area (Å²) >= 11 is 0. The van der Waals surface area contributed by atoms with Gasteiger partial charge >= 0.3 is 0 Å².